The van der Waals surface area contributed by atoms with Gasteiger partial charge in [0.05, 0.1) is 0 Å². The van der Waals surface area contributed by atoms with E-state index in [-0.39, 0.29) is 33.2 Å². The van der Waals surface area contributed by atoms with Crippen molar-refractivity contribution < 1.29 is 10.2 Å². The molecule has 0 aliphatic heterocycles. The van der Waals surface area contributed by atoms with Gasteiger partial charge < -0.3 is 15.9 Å². The highest BCUT2D eigenvalue weighted by atomic mass is 16.3. The first-order valence-electron chi connectivity index (χ1n) is 12.5. The number of allylic oxidation sites excluding steroid dienone is 2. The molecule has 3 fully saturated rings. The average Bonchev–Trinajstić information content (AvgIpc) is 2.76. The molecule has 0 bridgehead atoms. The largest absolute Gasteiger partial charge is 0.504 e. The van der Waals surface area contributed by atoms with Gasteiger partial charge in [0.2, 0.25) is 0 Å². The van der Waals surface area contributed by atoms with Crippen LogP contribution in [0.5, 0.6) is 11.5 Å². The van der Waals surface area contributed by atoms with Gasteiger partial charge in [-0.05, 0) is 95.9 Å². The standard InChI is InChI=1S/C29H41NO2/c1-18-19-7-8-22-27(4,20(19)15-21(31)24(18)32)12-14-29(6)23-16-25(2,17-30)9-10-26(23,3)11-13-28(22,29)5/h7-8,15,23,31-32H,1,9-14,16-17,30H2,2-6H3/t23-,25-,26-,27+,28-,29+/m1/s1. The summed E-state index contributed by atoms with van der Waals surface area (Å²) in [5.74, 6) is 0.522. The predicted octanol–water partition coefficient (Wildman–Crippen LogP) is 4.86. The molecule has 4 aliphatic rings. The third kappa shape index (κ3) is 2.52. The summed E-state index contributed by atoms with van der Waals surface area (Å²) in [5.41, 5.74) is 9.76. The first-order chi connectivity index (χ1) is 14.8. The van der Waals surface area contributed by atoms with E-state index in [2.05, 4.69) is 53.3 Å². The second kappa shape index (κ2) is 6.44. The van der Waals surface area contributed by atoms with Crippen molar-refractivity contribution in [3.63, 3.8) is 0 Å². The van der Waals surface area contributed by atoms with Crippen molar-refractivity contribution in [1.29, 1.82) is 0 Å². The van der Waals surface area contributed by atoms with Crippen LogP contribution in [0.3, 0.4) is 0 Å². The van der Waals surface area contributed by atoms with Crippen LogP contribution in [0, 0.1) is 27.6 Å². The van der Waals surface area contributed by atoms with E-state index < -0.39 is 0 Å². The molecule has 32 heavy (non-hydrogen) atoms. The number of nitrogens with two attached hydrogens (primary N) is 1. The van der Waals surface area contributed by atoms with Gasteiger partial charge in [0.15, 0.2) is 11.5 Å². The van der Waals surface area contributed by atoms with Crippen LogP contribution in [0.4, 0.5) is 0 Å². The highest BCUT2D eigenvalue weighted by Crippen LogP contribution is 2.74. The molecule has 0 radical (unpaired) electrons. The van der Waals surface area contributed by atoms with Crippen molar-refractivity contribution in [3.8, 4) is 11.5 Å². The van der Waals surface area contributed by atoms with E-state index in [4.69, 9.17) is 5.73 Å². The maximum atomic E-state index is 10.4. The lowest BCUT2D eigenvalue weighted by molar-refractivity contribution is -0.157. The summed E-state index contributed by atoms with van der Waals surface area (Å²) in [7, 11) is 0. The summed E-state index contributed by atoms with van der Waals surface area (Å²) < 4.78 is 0. The fourth-order valence-electron chi connectivity index (χ4n) is 8.62. The summed E-state index contributed by atoms with van der Waals surface area (Å²) in [6.07, 6.45) is 13.0. The Morgan fingerprint density at radius 3 is 2.34 bits per heavy atom. The molecule has 3 nitrogen and oxygen atoms in total. The molecule has 5 rings (SSSR count). The first-order valence-corrected chi connectivity index (χ1v) is 12.5. The zero-order valence-electron chi connectivity index (χ0n) is 20.6. The van der Waals surface area contributed by atoms with E-state index in [0.29, 0.717) is 16.6 Å². The van der Waals surface area contributed by atoms with E-state index in [1.54, 1.807) is 6.07 Å². The van der Waals surface area contributed by atoms with Crippen molar-refractivity contribution in [2.75, 3.05) is 6.54 Å². The molecule has 0 saturated heterocycles. The highest BCUT2D eigenvalue weighted by molar-refractivity contribution is 5.61. The molecular formula is C29H41NO2. The number of benzene rings is 1. The van der Waals surface area contributed by atoms with Crippen molar-refractivity contribution in [2.45, 2.75) is 85.0 Å². The van der Waals surface area contributed by atoms with Crippen molar-refractivity contribution in [3.05, 3.63) is 33.7 Å². The van der Waals surface area contributed by atoms with Crippen LogP contribution in [0.15, 0.2) is 17.7 Å². The van der Waals surface area contributed by atoms with E-state index in [1.165, 1.54) is 44.1 Å². The topological polar surface area (TPSA) is 66.5 Å². The van der Waals surface area contributed by atoms with Gasteiger partial charge in [-0.25, -0.2) is 0 Å². The second-order valence-electron chi connectivity index (χ2n) is 12.9. The highest BCUT2D eigenvalue weighted by Gasteiger charge is 2.66. The SMILES string of the molecule is C=c1c(O)c(O)cc2c1=CC=C1[C@@]2(C)CC[C@@]2(C)[C@@H]3C[C@](C)(CN)CC[C@]3(C)CC[C@]12C. The Hall–Kier alpha value is -1.74. The van der Waals surface area contributed by atoms with Gasteiger partial charge in [0.25, 0.3) is 0 Å². The third-order valence-electron chi connectivity index (χ3n) is 11.3. The van der Waals surface area contributed by atoms with Crippen LogP contribution in [0.2, 0.25) is 0 Å². The Bertz CT molecular complexity index is 1140. The van der Waals surface area contributed by atoms with Crippen LogP contribution in [-0.4, -0.2) is 16.8 Å². The van der Waals surface area contributed by atoms with Gasteiger partial charge >= 0.3 is 0 Å². The summed E-state index contributed by atoms with van der Waals surface area (Å²) in [5, 5.41) is 22.3. The first kappa shape index (κ1) is 22.1. The summed E-state index contributed by atoms with van der Waals surface area (Å²) in [4.78, 5) is 0. The Kier molecular flexibility index (Phi) is 4.44. The van der Waals surface area contributed by atoms with E-state index in [0.717, 1.165) is 23.7 Å². The number of aromatic hydroxyl groups is 2. The molecule has 0 spiro atoms. The van der Waals surface area contributed by atoms with Crippen molar-refractivity contribution in [2.24, 2.45) is 33.3 Å². The molecule has 0 aromatic heterocycles. The summed E-state index contributed by atoms with van der Waals surface area (Å²) in [6.45, 7) is 17.3. The zero-order valence-corrected chi connectivity index (χ0v) is 20.6. The minimum absolute atomic E-state index is 0.0506. The molecule has 3 heteroatoms. The van der Waals surface area contributed by atoms with E-state index in [1.807, 2.05) is 0 Å². The maximum absolute atomic E-state index is 10.4. The quantitative estimate of drug-likeness (QED) is 0.552. The van der Waals surface area contributed by atoms with Gasteiger partial charge in [-0.2, -0.15) is 0 Å². The number of rotatable bonds is 1. The molecule has 0 amide bonds. The predicted molar refractivity (Wildman–Crippen MR) is 132 cm³/mol. The molecule has 3 saturated carbocycles. The van der Waals surface area contributed by atoms with Crippen molar-refractivity contribution in [1.82, 2.24) is 0 Å². The molecule has 4 N–H and O–H groups in total. The minimum atomic E-state index is -0.143. The lowest BCUT2D eigenvalue weighted by atomic mass is 9.35. The molecule has 6 atom stereocenters. The Morgan fingerprint density at radius 2 is 1.66 bits per heavy atom. The molecule has 0 heterocycles. The van der Waals surface area contributed by atoms with Gasteiger partial charge in [0.1, 0.15) is 0 Å². The summed E-state index contributed by atoms with van der Waals surface area (Å²) >= 11 is 0. The van der Waals surface area contributed by atoms with Crippen molar-refractivity contribution >= 4 is 12.7 Å². The lowest BCUT2D eigenvalue weighted by Crippen LogP contribution is -2.63. The van der Waals surface area contributed by atoms with Gasteiger partial charge in [-0.1, -0.05) is 58.9 Å². The number of hydrogen-bond acceptors (Lipinski definition) is 3. The average molecular weight is 436 g/mol. The fraction of sp³-hybridized carbons (Fsp3) is 0.655. The Balaban J connectivity index is 1.68. The van der Waals surface area contributed by atoms with Gasteiger partial charge in [-0.3, -0.25) is 0 Å². The number of hydrogen-bond donors (Lipinski definition) is 3. The normalized spacial score (nSPS) is 44.9. The smallest absolute Gasteiger partial charge is 0.164 e. The number of fused-ring (bicyclic) bond motifs is 7. The van der Waals surface area contributed by atoms with Crippen LogP contribution in [0.25, 0.3) is 12.7 Å². The zero-order chi connectivity index (χ0) is 23.3. The van der Waals surface area contributed by atoms with Gasteiger partial charge in [-0.15, -0.1) is 0 Å². The lowest BCUT2D eigenvalue weighted by Gasteiger charge is -2.70. The number of phenolic OH excluding ortho intramolecular Hbond substituents is 2. The van der Waals surface area contributed by atoms with Crippen LogP contribution < -0.4 is 16.2 Å². The summed E-state index contributed by atoms with van der Waals surface area (Å²) in [6, 6.07) is 1.80. The molecule has 4 aliphatic carbocycles. The van der Waals surface area contributed by atoms with Crippen LogP contribution in [-0.2, 0) is 5.41 Å². The minimum Gasteiger partial charge on any atom is -0.504 e. The second-order valence-corrected chi connectivity index (χ2v) is 12.9. The van der Waals surface area contributed by atoms with Gasteiger partial charge in [0, 0.05) is 10.6 Å². The molecule has 0 unspecified atom stereocenters. The number of phenols is 2. The molecule has 1 aromatic rings. The monoisotopic (exact) mass is 435 g/mol. The fourth-order valence-corrected chi connectivity index (χ4v) is 8.62. The Morgan fingerprint density at radius 1 is 0.969 bits per heavy atom. The molecular weight excluding hydrogens is 394 g/mol. The molecule has 174 valence electrons. The maximum Gasteiger partial charge on any atom is 0.164 e. The van der Waals surface area contributed by atoms with Crippen LogP contribution in [0.1, 0.15) is 85.1 Å². The van der Waals surface area contributed by atoms with E-state index in [9.17, 15) is 10.2 Å². The van der Waals surface area contributed by atoms with E-state index >= 15 is 0 Å². The Labute approximate surface area is 193 Å². The third-order valence-corrected chi connectivity index (χ3v) is 11.3. The van der Waals surface area contributed by atoms with Crippen LogP contribution >= 0.6 is 0 Å². The molecule has 1 aromatic carbocycles.